The van der Waals surface area contributed by atoms with Crippen molar-refractivity contribution in [3.8, 4) is 11.5 Å². The summed E-state index contributed by atoms with van der Waals surface area (Å²) in [6.07, 6.45) is 5.51. The summed E-state index contributed by atoms with van der Waals surface area (Å²) in [4.78, 5) is 4.18. The SMILES string of the molecule is CCC(C)c1ccc(Oc2cncc(CCN)c2)cc1. The van der Waals surface area contributed by atoms with Crippen LogP contribution in [0.2, 0.25) is 0 Å². The number of aromatic nitrogens is 1. The third-order valence-corrected chi connectivity index (χ3v) is 3.50. The Balaban J connectivity index is 2.08. The predicted molar refractivity (Wildman–Crippen MR) is 82.2 cm³/mol. The molecule has 0 saturated heterocycles. The third kappa shape index (κ3) is 3.81. The van der Waals surface area contributed by atoms with Crippen LogP contribution in [0.4, 0.5) is 0 Å². The van der Waals surface area contributed by atoms with Crippen LogP contribution in [0.15, 0.2) is 42.7 Å². The van der Waals surface area contributed by atoms with Crippen LogP contribution in [0.3, 0.4) is 0 Å². The summed E-state index contributed by atoms with van der Waals surface area (Å²) in [5.41, 5.74) is 7.99. The Morgan fingerprint density at radius 2 is 1.90 bits per heavy atom. The van der Waals surface area contributed by atoms with Crippen molar-refractivity contribution in [1.82, 2.24) is 4.98 Å². The van der Waals surface area contributed by atoms with Crippen molar-refractivity contribution in [3.05, 3.63) is 53.9 Å². The second-order valence-corrected chi connectivity index (χ2v) is 5.05. The molecule has 1 unspecified atom stereocenters. The molecule has 20 heavy (non-hydrogen) atoms. The minimum atomic E-state index is 0.582. The van der Waals surface area contributed by atoms with E-state index in [1.807, 2.05) is 24.4 Å². The highest BCUT2D eigenvalue weighted by Crippen LogP contribution is 2.25. The van der Waals surface area contributed by atoms with Crippen LogP contribution in [0.1, 0.15) is 37.3 Å². The van der Waals surface area contributed by atoms with Gasteiger partial charge in [-0.25, -0.2) is 0 Å². The van der Waals surface area contributed by atoms with Crippen molar-refractivity contribution in [3.63, 3.8) is 0 Å². The maximum atomic E-state index is 5.83. The summed E-state index contributed by atoms with van der Waals surface area (Å²) < 4.78 is 5.83. The van der Waals surface area contributed by atoms with Crippen LogP contribution >= 0.6 is 0 Å². The lowest BCUT2D eigenvalue weighted by molar-refractivity contribution is 0.479. The minimum Gasteiger partial charge on any atom is -0.456 e. The number of rotatable bonds is 6. The first-order valence-electron chi connectivity index (χ1n) is 7.14. The quantitative estimate of drug-likeness (QED) is 0.866. The lowest BCUT2D eigenvalue weighted by Crippen LogP contribution is -2.03. The lowest BCUT2D eigenvalue weighted by atomic mass is 9.99. The average Bonchev–Trinajstić information content (AvgIpc) is 2.48. The number of hydrogen-bond acceptors (Lipinski definition) is 3. The lowest BCUT2D eigenvalue weighted by Gasteiger charge is -2.11. The van der Waals surface area contributed by atoms with E-state index in [1.165, 1.54) is 5.56 Å². The monoisotopic (exact) mass is 270 g/mol. The Hall–Kier alpha value is -1.87. The van der Waals surface area contributed by atoms with E-state index in [4.69, 9.17) is 10.5 Å². The molecule has 3 heteroatoms. The predicted octanol–water partition coefficient (Wildman–Crippen LogP) is 3.89. The number of hydrogen-bond donors (Lipinski definition) is 1. The third-order valence-electron chi connectivity index (χ3n) is 3.50. The van der Waals surface area contributed by atoms with Gasteiger partial charge in [0.05, 0.1) is 6.20 Å². The second kappa shape index (κ2) is 7.06. The normalized spacial score (nSPS) is 12.2. The zero-order valence-corrected chi connectivity index (χ0v) is 12.2. The van der Waals surface area contributed by atoms with Gasteiger partial charge in [-0.15, -0.1) is 0 Å². The topological polar surface area (TPSA) is 48.1 Å². The molecule has 2 rings (SSSR count). The standard InChI is InChI=1S/C17H22N2O/c1-3-13(2)15-4-6-16(7-5-15)20-17-10-14(8-9-18)11-19-12-17/h4-7,10-13H,3,8-9,18H2,1-2H3. The smallest absolute Gasteiger partial charge is 0.145 e. The van der Waals surface area contributed by atoms with Gasteiger partial charge in [-0.2, -0.15) is 0 Å². The zero-order valence-electron chi connectivity index (χ0n) is 12.2. The van der Waals surface area contributed by atoms with Crippen molar-refractivity contribution in [1.29, 1.82) is 0 Å². The molecule has 0 spiro atoms. The number of nitrogens with zero attached hydrogens (tertiary/aromatic N) is 1. The number of nitrogens with two attached hydrogens (primary N) is 1. The van der Waals surface area contributed by atoms with E-state index in [1.54, 1.807) is 6.20 Å². The molecule has 1 heterocycles. The maximum Gasteiger partial charge on any atom is 0.145 e. The highest BCUT2D eigenvalue weighted by atomic mass is 16.5. The molecule has 3 nitrogen and oxygen atoms in total. The highest BCUT2D eigenvalue weighted by Gasteiger charge is 2.04. The van der Waals surface area contributed by atoms with E-state index in [-0.39, 0.29) is 0 Å². The molecule has 0 bridgehead atoms. The van der Waals surface area contributed by atoms with E-state index in [9.17, 15) is 0 Å². The number of benzene rings is 1. The Labute approximate surface area is 120 Å². The van der Waals surface area contributed by atoms with Gasteiger partial charge in [-0.05, 0) is 54.6 Å². The molecule has 0 aliphatic heterocycles. The minimum absolute atomic E-state index is 0.582. The molecule has 0 radical (unpaired) electrons. The van der Waals surface area contributed by atoms with Crippen LogP contribution in [-0.2, 0) is 6.42 Å². The van der Waals surface area contributed by atoms with Crippen molar-refractivity contribution in [2.45, 2.75) is 32.6 Å². The van der Waals surface area contributed by atoms with Gasteiger partial charge >= 0.3 is 0 Å². The zero-order chi connectivity index (χ0) is 14.4. The Kier molecular flexibility index (Phi) is 5.13. The first-order valence-corrected chi connectivity index (χ1v) is 7.14. The van der Waals surface area contributed by atoms with Gasteiger partial charge in [0.2, 0.25) is 0 Å². The molecule has 106 valence electrons. The molecular formula is C17H22N2O. The van der Waals surface area contributed by atoms with Crippen molar-refractivity contribution in [2.75, 3.05) is 6.54 Å². The van der Waals surface area contributed by atoms with Gasteiger partial charge in [-0.3, -0.25) is 4.98 Å². The first-order chi connectivity index (χ1) is 9.72. The molecule has 0 saturated carbocycles. The van der Waals surface area contributed by atoms with Gasteiger partial charge in [-0.1, -0.05) is 26.0 Å². The maximum absolute atomic E-state index is 5.83. The molecular weight excluding hydrogens is 248 g/mol. The van der Waals surface area contributed by atoms with Crippen molar-refractivity contribution < 1.29 is 4.74 Å². The molecule has 1 aromatic carbocycles. The van der Waals surface area contributed by atoms with E-state index in [0.717, 1.165) is 29.9 Å². The van der Waals surface area contributed by atoms with Crippen molar-refractivity contribution >= 4 is 0 Å². The van der Waals surface area contributed by atoms with Crippen LogP contribution in [0.5, 0.6) is 11.5 Å². The Morgan fingerprint density at radius 3 is 2.55 bits per heavy atom. The molecule has 0 fully saturated rings. The second-order valence-electron chi connectivity index (χ2n) is 5.05. The Bertz CT molecular complexity index is 537. The van der Waals surface area contributed by atoms with E-state index < -0.39 is 0 Å². The van der Waals surface area contributed by atoms with E-state index >= 15 is 0 Å². The fraction of sp³-hybridized carbons (Fsp3) is 0.353. The summed E-state index contributed by atoms with van der Waals surface area (Å²) in [7, 11) is 0. The van der Waals surface area contributed by atoms with E-state index in [0.29, 0.717) is 12.5 Å². The van der Waals surface area contributed by atoms with Gasteiger partial charge in [0.1, 0.15) is 11.5 Å². The van der Waals surface area contributed by atoms with Gasteiger partial charge < -0.3 is 10.5 Å². The fourth-order valence-electron chi connectivity index (χ4n) is 2.06. The summed E-state index contributed by atoms with van der Waals surface area (Å²) in [6.45, 7) is 5.05. The molecule has 1 atom stereocenters. The molecule has 0 aliphatic rings. The Morgan fingerprint density at radius 1 is 1.15 bits per heavy atom. The summed E-state index contributed by atoms with van der Waals surface area (Å²) in [5, 5.41) is 0. The molecule has 2 N–H and O–H groups in total. The number of ether oxygens (including phenoxy) is 1. The van der Waals surface area contributed by atoms with Gasteiger partial charge in [0.15, 0.2) is 0 Å². The molecule has 2 aromatic rings. The van der Waals surface area contributed by atoms with E-state index in [2.05, 4.69) is 31.0 Å². The molecule has 1 aromatic heterocycles. The summed E-state index contributed by atoms with van der Waals surface area (Å²) in [6, 6.07) is 10.3. The van der Waals surface area contributed by atoms with Crippen LogP contribution < -0.4 is 10.5 Å². The van der Waals surface area contributed by atoms with Crippen LogP contribution in [0, 0.1) is 0 Å². The summed E-state index contributed by atoms with van der Waals surface area (Å²) in [5.74, 6) is 2.18. The van der Waals surface area contributed by atoms with Crippen LogP contribution in [-0.4, -0.2) is 11.5 Å². The average molecular weight is 270 g/mol. The summed E-state index contributed by atoms with van der Waals surface area (Å²) >= 11 is 0. The van der Waals surface area contributed by atoms with Gasteiger partial charge in [0, 0.05) is 6.20 Å². The first kappa shape index (κ1) is 14.5. The molecule has 0 aliphatic carbocycles. The highest BCUT2D eigenvalue weighted by molar-refractivity contribution is 5.34. The fourth-order valence-corrected chi connectivity index (χ4v) is 2.06. The molecule has 0 amide bonds. The largest absolute Gasteiger partial charge is 0.456 e. The van der Waals surface area contributed by atoms with Crippen LogP contribution in [0.25, 0.3) is 0 Å². The number of pyridine rings is 1. The van der Waals surface area contributed by atoms with Gasteiger partial charge in [0.25, 0.3) is 0 Å². The van der Waals surface area contributed by atoms with Crippen molar-refractivity contribution in [2.24, 2.45) is 5.73 Å².